The van der Waals surface area contributed by atoms with Gasteiger partial charge in [-0.1, -0.05) is 72.8 Å². The second-order valence-corrected chi connectivity index (χ2v) is 5.32. The number of fused-ring (bicyclic) bond motifs is 1. The molecule has 0 unspecified atom stereocenters. The van der Waals surface area contributed by atoms with Crippen molar-refractivity contribution in [2.24, 2.45) is 0 Å². The first kappa shape index (κ1) is 12.7. The number of hydrogen-bond acceptors (Lipinski definition) is 0. The van der Waals surface area contributed by atoms with Crippen LogP contribution in [0.25, 0.3) is 16.3 Å². The number of hydrogen-bond donors (Lipinski definition) is 0. The third-order valence-electron chi connectivity index (χ3n) is 3.87. The van der Waals surface area contributed by atoms with E-state index >= 15 is 0 Å². The normalized spacial score (nSPS) is 10.7. The Balaban J connectivity index is 2.17. The van der Waals surface area contributed by atoms with Crippen LogP contribution in [0.5, 0.6) is 0 Å². The van der Waals surface area contributed by atoms with Crippen LogP contribution in [0.4, 0.5) is 0 Å². The van der Waals surface area contributed by atoms with Gasteiger partial charge in [0.25, 0.3) is 0 Å². The van der Waals surface area contributed by atoms with Gasteiger partial charge in [-0.2, -0.15) is 0 Å². The minimum Gasteiger partial charge on any atom is -0.0905 e. The maximum absolute atomic E-state index is 4.30. The second kappa shape index (κ2) is 4.97. The zero-order chi connectivity index (χ0) is 14.1. The van der Waals surface area contributed by atoms with Gasteiger partial charge < -0.3 is 0 Å². The molecular weight excluding hydrogens is 240 g/mol. The Labute approximate surface area is 120 Å². The highest BCUT2D eigenvalue weighted by Gasteiger charge is 2.07. The quantitative estimate of drug-likeness (QED) is 0.568. The highest BCUT2D eigenvalue weighted by Crippen LogP contribution is 2.30. The first-order valence-corrected chi connectivity index (χ1v) is 6.91. The van der Waals surface area contributed by atoms with Crippen molar-refractivity contribution >= 4 is 16.3 Å². The molecule has 0 aliphatic carbocycles. The molecule has 0 aliphatic heterocycles. The highest BCUT2D eigenvalue weighted by atomic mass is 14.1. The maximum atomic E-state index is 4.30. The molecule has 3 rings (SSSR count). The van der Waals surface area contributed by atoms with Crippen LogP contribution in [0.15, 0.2) is 67.2 Å². The molecule has 0 aliphatic rings. The van der Waals surface area contributed by atoms with Crippen LogP contribution in [-0.4, -0.2) is 0 Å². The first-order valence-electron chi connectivity index (χ1n) is 6.91. The summed E-state index contributed by atoms with van der Waals surface area (Å²) >= 11 is 0. The van der Waals surface area contributed by atoms with Gasteiger partial charge in [0.15, 0.2) is 0 Å². The zero-order valence-electron chi connectivity index (χ0n) is 12.0. The van der Waals surface area contributed by atoms with Crippen molar-refractivity contribution in [3.8, 4) is 0 Å². The molecule has 3 aromatic rings. The van der Waals surface area contributed by atoms with Crippen LogP contribution < -0.4 is 0 Å². The van der Waals surface area contributed by atoms with Crippen LogP contribution in [-0.2, 0) is 0 Å². The molecule has 0 aromatic heterocycles. The molecule has 0 amide bonds. The van der Waals surface area contributed by atoms with Gasteiger partial charge in [-0.3, -0.25) is 0 Å². The van der Waals surface area contributed by atoms with Crippen molar-refractivity contribution in [2.75, 3.05) is 0 Å². The molecule has 0 saturated carbocycles. The van der Waals surface area contributed by atoms with Crippen molar-refractivity contribution < 1.29 is 0 Å². The van der Waals surface area contributed by atoms with E-state index in [9.17, 15) is 0 Å². The molecule has 98 valence electrons. The van der Waals surface area contributed by atoms with E-state index in [1.807, 2.05) is 0 Å². The topological polar surface area (TPSA) is 0 Å². The van der Waals surface area contributed by atoms with Crippen molar-refractivity contribution in [2.45, 2.75) is 13.8 Å². The first-order chi connectivity index (χ1) is 9.66. The molecule has 0 saturated heterocycles. The smallest absolute Gasteiger partial charge is 0.0103 e. The van der Waals surface area contributed by atoms with Gasteiger partial charge in [0.1, 0.15) is 0 Å². The van der Waals surface area contributed by atoms with Crippen LogP contribution in [0.1, 0.15) is 22.3 Å². The third-order valence-corrected chi connectivity index (χ3v) is 3.87. The predicted molar refractivity (Wildman–Crippen MR) is 88.0 cm³/mol. The fraction of sp³-hybridized carbons (Fsp3) is 0.100. The summed E-state index contributed by atoms with van der Waals surface area (Å²) in [5, 5.41) is 2.58. The van der Waals surface area contributed by atoms with Crippen LogP contribution >= 0.6 is 0 Å². The number of benzene rings is 3. The predicted octanol–water partition coefficient (Wildman–Crippen LogP) is 5.52. The monoisotopic (exact) mass is 258 g/mol. The van der Waals surface area contributed by atoms with Gasteiger partial charge in [-0.15, -0.1) is 0 Å². The van der Waals surface area contributed by atoms with Crippen molar-refractivity contribution in [1.29, 1.82) is 0 Å². The Morgan fingerprint density at radius 2 is 1.40 bits per heavy atom. The summed E-state index contributed by atoms with van der Waals surface area (Å²) in [6, 6.07) is 21.5. The minimum atomic E-state index is 1.08. The van der Waals surface area contributed by atoms with E-state index in [0.717, 1.165) is 5.57 Å². The average Bonchev–Trinajstić information content (AvgIpc) is 2.48. The maximum Gasteiger partial charge on any atom is -0.0103 e. The molecule has 0 fully saturated rings. The average molecular weight is 258 g/mol. The Morgan fingerprint density at radius 1 is 0.750 bits per heavy atom. The standard InChI is InChI=1S/C20H18/c1-14-8-11-17(12-9-14)16(3)19-13-10-15(2)18-6-4-5-7-20(18)19/h4-13H,3H2,1-2H3. The van der Waals surface area contributed by atoms with E-state index in [1.54, 1.807) is 0 Å². The fourth-order valence-corrected chi connectivity index (χ4v) is 2.62. The lowest BCUT2D eigenvalue weighted by Crippen LogP contribution is -1.90. The summed E-state index contributed by atoms with van der Waals surface area (Å²) < 4.78 is 0. The lowest BCUT2D eigenvalue weighted by atomic mass is 9.92. The SMILES string of the molecule is C=C(c1ccc(C)cc1)c1ccc(C)c2ccccc12. The van der Waals surface area contributed by atoms with Gasteiger partial charge >= 0.3 is 0 Å². The Morgan fingerprint density at radius 3 is 2.10 bits per heavy atom. The van der Waals surface area contributed by atoms with Gasteiger partial charge in [0, 0.05) is 0 Å². The van der Waals surface area contributed by atoms with Crippen LogP contribution in [0.3, 0.4) is 0 Å². The molecule has 0 atom stereocenters. The van der Waals surface area contributed by atoms with Crippen molar-refractivity contribution in [1.82, 2.24) is 0 Å². The van der Waals surface area contributed by atoms with Crippen molar-refractivity contribution in [3.63, 3.8) is 0 Å². The van der Waals surface area contributed by atoms with Gasteiger partial charge in [-0.05, 0) is 46.9 Å². The Kier molecular flexibility index (Phi) is 3.15. The molecule has 0 bridgehead atoms. The second-order valence-electron chi connectivity index (χ2n) is 5.32. The molecule has 0 nitrogen and oxygen atoms in total. The van der Waals surface area contributed by atoms with E-state index in [2.05, 4.69) is 81.1 Å². The van der Waals surface area contributed by atoms with E-state index < -0.39 is 0 Å². The van der Waals surface area contributed by atoms with E-state index in [-0.39, 0.29) is 0 Å². The molecule has 3 aromatic carbocycles. The van der Waals surface area contributed by atoms with E-state index in [1.165, 1.54) is 33.0 Å². The summed E-state index contributed by atoms with van der Waals surface area (Å²) in [5.41, 5.74) is 6.07. The molecule has 0 heteroatoms. The Bertz CT molecular complexity index is 777. The molecule has 0 heterocycles. The van der Waals surface area contributed by atoms with Crippen LogP contribution in [0.2, 0.25) is 0 Å². The van der Waals surface area contributed by atoms with E-state index in [4.69, 9.17) is 0 Å². The number of aryl methyl sites for hydroxylation is 2. The molecule has 0 radical (unpaired) electrons. The van der Waals surface area contributed by atoms with Gasteiger partial charge in [-0.25, -0.2) is 0 Å². The van der Waals surface area contributed by atoms with Gasteiger partial charge in [0.05, 0.1) is 0 Å². The van der Waals surface area contributed by atoms with Crippen LogP contribution in [0, 0.1) is 13.8 Å². The Hall–Kier alpha value is -2.34. The molecular formula is C20H18. The molecule has 0 spiro atoms. The summed E-state index contributed by atoms with van der Waals surface area (Å²) in [6.07, 6.45) is 0. The van der Waals surface area contributed by atoms with E-state index in [0.29, 0.717) is 0 Å². The lowest BCUT2D eigenvalue weighted by molar-refractivity contribution is 1.45. The van der Waals surface area contributed by atoms with Crippen molar-refractivity contribution in [3.05, 3.63) is 89.5 Å². The lowest BCUT2D eigenvalue weighted by Gasteiger charge is -2.12. The minimum absolute atomic E-state index is 1.08. The highest BCUT2D eigenvalue weighted by molar-refractivity contribution is 5.98. The summed E-state index contributed by atoms with van der Waals surface area (Å²) in [6.45, 7) is 8.56. The summed E-state index contributed by atoms with van der Waals surface area (Å²) in [5.74, 6) is 0. The number of rotatable bonds is 2. The largest absolute Gasteiger partial charge is 0.0905 e. The summed E-state index contributed by atoms with van der Waals surface area (Å²) in [4.78, 5) is 0. The third kappa shape index (κ3) is 2.14. The molecule has 0 N–H and O–H groups in total. The zero-order valence-corrected chi connectivity index (χ0v) is 12.0. The molecule has 20 heavy (non-hydrogen) atoms. The summed E-state index contributed by atoms with van der Waals surface area (Å²) in [7, 11) is 0. The van der Waals surface area contributed by atoms with Gasteiger partial charge in [0.2, 0.25) is 0 Å². The fourth-order valence-electron chi connectivity index (χ4n) is 2.62.